The van der Waals surface area contributed by atoms with E-state index in [4.69, 9.17) is 10.5 Å². The van der Waals surface area contributed by atoms with Gasteiger partial charge in [-0.3, -0.25) is 0 Å². The zero-order valence-electron chi connectivity index (χ0n) is 12.4. The predicted octanol–water partition coefficient (Wildman–Crippen LogP) is 4.02. The molecule has 2 aromatic carbocycles. The van der Waals surface area contributed by atoms with E-state index in [0.29, 0.717) is 5.92 Å². The van der Waals surface area contributed by atoms with E-state index >= 15 is 0 Å². The highest BCUT2D eigenvalue weighted by Gasteiger charge is 2.22. The van der Waals surface area contributed by atoms with Gasteiger partial charge in [-0.05, 0) is 22.6 Å². The van der Waals surface area contributed by atoms with Crippen molar-refractivity contribution in [3.05, 3.63) is 60.2 Å². The molecule has 0 bridgehead atoms. The Bertz CT molecular complexity index is 519. The van der Waals surface area contributed by atoms with Crippen molar-refractivity contribution in [1.29, 1.82) is 0 Å². The Morgan fingerprint density at radius 3 is 1.90 bits per heavy atom. The first kappa shape index (κ1) is 14.8. The Balaban J connectivity index is 2.20. The van der Waals surface area contributed by atoms with E-state index in [1.165, 1.54) is 11.1 Å². The van der Waals surface area contributed by atoms with Gasteiger partial charge in [0.1, 0.15) is 0 Å². The summed E-state index contributed by atoms with van der Waals surface area (Å²) in [5, 5.41) is 0. The molecule has 106 valence electrons. The molecule has 2 N–H and O–H groups in total. The summed E-state index contributed by atoms with van der Waals surface area (Å²) in [6.07, 6.45) is 0.0394. The van der Waals surface area contributed by atoms with Crippen molar-refractivity contribution in [2.24, 2.45) is 11.7 Å². The van der Waals surface area contributed by atoms with Gasteiger partial charge in [-0.15, -0.1) is 0 Å². The molecule has 2 aromatic rings. The van der Waals surface area contributed by atoms with Gasteiger partial charge in [0.2, 0.25) is 0 Å². The Morgan fingerprint density at radius 1 is 0.850 bits per heavy atom. The standard InChI is InChI=1S/C18H23NO/c1-13(2)18(20-3)17(19)16-11-9-15(10-12-16)14-7-5-4-6-8-14/h4-13,17-18H,19H2,1-3H3. The van der Waals surface area contributed by atoms with Crippen molar-refractivity contribution in [1.82, 2.24) is 0 Å². The molecule has 0 spiro atoms. The first-order chi connectivity index (χ1) is 9.63. The molecular weight excluding hydrogens is 246 g/mol. The summed E-state index contributed by atoms with van der Waals surface area (Å²) >= 11 is 0. The second-order valence-corrected chi connectivity index (χ2v) is 5.46. The van der Waals surface area contributed by atoms with Gasteiger partial charge in [-0.1, -0.05) is 68.4 Å². The smallest absolute Gasteiger partial charge is 0.0786 e. The summed E-state index contributed by atoms with van der Waals surface area (Å²) < 4.78 is 5.52. The molecule has 0 aliphatic heterocycles. The van der Waals surface area contributed by atoms with Gasteiger partial charge < -0.3 is 10.5 Å². The van der Waals surface area contributed by atoms with E-state index < -0.39 is 0 Å². The van der Waals surface area contributed by atoms with Crippen LogP contribution in [0.5, 0.6) is 0 Å². The van der Waals surface area contributed by atoms with Crippen molar-refractivity contribution >= 4 is 0 Å². The molecule has 0 saturated carbocycles. The molecule has 20 heavy (non-hydrogen) atoms. The molecule has 0 saturated heterocycles. The van der Waals surface area contributed by atoms with E-state index in [1.54, 1.807) is 7.11 Å². The quantitative estimate of drug-likeness (QED) is 0.889. The maximum Gasteiger partial charge on any atom is 0.0786 e. The van der Waals surface area contributed by atoms with Crippen LogP contribution in [0.2, 0.25) is 0 Å². The molecule has 0 radical (unpaired) electrons. The molecule has 0 aromatic heterocycles. The van der Waals surface area contributed by atoms with Gasteiger partial charge in [0.05, 0.1) is 12.1 Å². The number of rotatable bonds is 5. The van der Waals surface area contributed by atoms with Crippen LogP contribution in [0.1, 0.15) is 25.5 Å². The molecule has 2 unspecified atom stereocenters. The van der Waals surface area contributed by atoms with Crippen molar-refractivity contribution in [2.75, 3.05) is 7.11 Å². The monoisotopic (exact) mass is 269 g/mol. The zero-order chi connectivity index (χ0) is 14.5. The maximum absolute atomic E-state index is 6.31. The van der Waals surface area contributed by atoms with Crippen LogP contribution in [0, 0.1) is 5.92 Å². The maximum atomic E-state index is 6.31. The summed E-state index contributed by atoms with van der Waals surface area (Å²) in [7, 11) is 1.73. The van der Waals surface area contributed by atoms with Gasteiger partial charge in [0, 0.05) is 7.11 Å². The number of methoxy groups -OCH3 is 1. The van der Waals surface area contributed by atoms with E-state index in [0.717, 1.165) is 5.56 Å². The Kier molecular flexibility index (Phi) is 4.94. The summed E-state index contributed by atoms with van der Waals surface area (Å²) in [4.78, 5) is 0. The Hall–Kier alpha value is -1.64. The van der Waals surface area contributed by atoms with Crippen molar-refractivity contribution in [2.45, 2.75) is 26.0 Å². The lowest BCUT2D eigenvalue weighted by atomic mass is 9.93. The van der Waals surface area contributed by atoms with E-state index in [2.05, 4.69) is 62.4 Å². The average molecular weight is 269 g/mol. The molecule has 0 amide bonds. The number of hydrogen-bond donors (Lipinski definition) is 1. The summed E-state index contributed by atoms with van der Waals surface area (Å²) in [5.74, 6) is 0.392. The van der Waals surface area contributed by atoms with E-state index in [1.807, 2.05) is 6.07 Å². The van der Waals surface area contributed by atoms with E-state index in [9.17, 15) is 0 Å². The molecular formula is C18H23NO. The summed E-state index contributed by atoms with van der Waals surface area (Å²) in [5.41, 5.74) is 9.86. The fourth-order valence-corrected chi connectivity index (χ4v) is 2.55. The number of ether oxygens (including phenoxy) is 1. The number of hydrogen-bond acceptors (Lipinski definition) is 2. The van der Waals surface area contributed by atoms with Crippen molar-refractivity contribution in [3.63, 3.8) is 0 Å². The van der Waals surface area contributed by atoms with Crippen LogP contribution < -0.4 is 5.73 Å². The van der Waals surface area contributed by atoms with Gasteiger partial charge >= 0.3 is 0 Å². The molecule has 2 heteroatoms. The zero-order valence-corrected chi connectivity index (χ0v) is 12.4. The lowest BCUT2D eigenvalue weighted by Gasteiger charge is -2.26. The van der Waals surface area contributed by atoms with Gasteiger partial charge in [0.15, 0.2) is 0 Å². The SMILES string of the molecule is COC(C(C)C)C(N)c1ccc(-c2ccccc2)cc1. The third kappa shape index (κ3) is 3.27. The Morgan fingerprint density at radius 2 is 1.40 bits per heavy atom. The lowest BCUT2D eigenvalue weighted by molar-refractivity contribution is 0.0437. The normalized spacial score (nSPS) is 14.2. The van der Waals surface area contributed by atoms with Gasteiger partial charge in [-0.25, -0.2) is 0 Å². The minimum atomic E-state index is -0.0928. The number of nitrogens with two attached hydrogens (primary N) is 1. The highest BCUT2D eigenvalue weighted by atomic mass is 16.5. The van der Waals surface area contributed by atoms with Gasteiger partial charge in [0.25, 0.3) is 0 Å². The fourth-order valence-electron chi connectivity index (χ4n) is 2.55. The third-order valence-corrected chi connectivity index (χ3v) is 3.69. The van der Waals surface area contributed by atoms with Crippen LogP contribution in [-0.2, 0) is 4.74 Å². The second-order valence-electron chi connectivity index (χ2n) is 5.46. The van der Waals surface area contributed by atoms with Crippen LogP contribution in [0.3, 0.4) is 0 Å². The van der Waals surface area contributed by atoms with Crippen molar-refractivity contribution in [3.8, 4) is 11.1 Å². The van der Waals surface area contributed by atoms with Crippen molar-refractivity contribution < 1.29 is 4.74 Å². The summed E-state index contributed by atoms with van der Waals surface area (Å²) in [6.45, 7) is 4.26. The second kappa shape index (κ2) is 6.69. The first-order valence-electron chi connectivity index (χ1n) is 7.07. The number of benzene rings is 2. The summed E-state index contributed by atoms with van der Waals surface area (Å²) in [6, 6.07) is 18.7. The molecule has 0 fully saturated rings. The lowest BCUT2D eigenvalue weighted by Crippen LogP contribution is -2.32. The molecule has 0 heterocycles. The predicted molar refractivity (Wildman–Crippen MR) is 84.4 cm³/mol. The minimum Gasteiger partial charge on any atom is -0.379 e. The highest BCUT2D eigenvalue weighted by molar-refractivity contribution is 5.63. The average Bonchev–Trinajstić information content (AvgIpc) is 2.48. The molecule has 2 rings (SSSR count). The van der Waals surface area contributed by atoms with Crippen LogP contribution >= 0.6 is 0 Å². The highest BCUT2D eigenvalue weighted by Crippen LogP contribution is 2.25. The third-order valence-electron chi connectivity index (χ3n) is 3.69. The topological polar surface area (TPSA) is 35.2 Å². The fraction of sp³-hybridized carbons (Fsp3) is 0.333. The Labute approximate surface area is 121 Å². The molecule has 2 nitrogen and oxygen atoms in total. The van der Waals surface area contributed by atoms with E-state index in [-0.39, 0.29) is 12.1 Å². The largest absolute Gasteiger partial charge is 0.379 e. The van der Waals surface area contributed by atoms with Crippen LogP contribution in [0.15, 0.2) is 54.6 Å². The first-order valence-corrected chi connectivity index (χ1v) is 7.07. The van der Waals surface area contributed by atoms with Crippen LogP contribution in [-0.4, -0.2) is 13.2 Å². The molecule has 0 aliphatic carbocycles. The van der Waals surface area contributed by atoms with Crippen LogP contribution in [0.25, 0.3) is 11.1 Å². The minimum absolute atomic E-state index is 0.0394. The van der Waals surface area contributed by atoms with Gasteiger partial charge in [-0.2, -0.15) is 0 Å². The van der Waals surface area contributed by atoms with Crippen LogP contribution in [0.4, 0.5) is 0 Å². The molecule has 0 aliphatic rings. The molecule has 2 atom stereocenters.